The monoisotopic (exact) mass is 440 g/mol. The maximum absolute atomic E-state index is 12.4. The SMILES string of the molecule is CC(C)C(=O)Nc1nc2c(ncn2[C@@H]2O[C@H](CO)[C@@H](O)[C@H]2OCCON(C)C)c(=O)[nH]1. The summed E-state index contributed by atoms with van der Waals surface area (Å²) < 4.78 is 13.0. The van der Waals surface area contributed by atoms with Crippen LogP contribution in [0.3, 0.4) is 0 Å². The van der Waals surface area contributed by atoms with Gasteiger partial charge in [-0.05, 0) is 0 Å². The molecule has 0 radical (unpaired) electrons. The molecule has 0 bridgehead atoms. The number of rotatable bonds is 9. The molecule has 13 nitrogen and oxygen atoms in total. The van der Waals surface area contributed by atoms with Gasteiger partial charge in [-0.15, -0.1) is 0 Å². The van der Waals surface area contributed by atoms with Gasteiger partial charge in [-0.25, -0.2) is 4.98 Å². The molecule has 0 saturated carbocycles. The lowest BCUT2D eigenvalue weighted by atomic mass is 10.1. The number of H-pyrrole nitrogens is 1. The molecule has 1 saturated heterocycles. The molecule has 1 aliphatic heterocycles. The summed E-state index contributed by atoms with van der Waals surface area (Å²) >= 11 is 0. The first-order valence-corrected chi connectivity index (χ1v) is 9.86. The van der Waals surface area contributed by atoms with Crippen molar-refractivity contribution >= 4 is 23.0 Å². The maximum atomic E-state index is 12.4. The van der Waals surface area contributed by atoms with Crippen molar-refractivity contribution in [1.82, 2.24) is 24.6 Å². The van der Waals surface area contributed by atoms with Gasteiger partial charge in [0.05, 0.1) is 26.1 Å². The van der Waals surface area contributed by atoms with Crippen LogP contribution in [0.5, 0.6) is 0 Å². The highest BCUT2D eigenvalue weighted by molar-refractivity contribution is 5.91. The molecule has 3 rings (SSSR count). The summed E-state index contributed by atoms with van der Waals surface area (Å²) in [6.45, 7) is 3.37. The van der Waals surface area contributed by atoms with Crippen molar-refractivity contribution in [2.24, 2.45) is 5.92 Å². The highest BCUT2D eigenvalue weighted by atomic mass is 16.7. The standard InChI is InChI=1S/C18H28N6O7/c1-9(2)15(27)21-18-20-14-11(16(28)22-18)19-8-24(14)17-13(12(26)10(7-25)31-17)29-5-6-30-23(3)4/h8-10,12-13,17,25-26H,5-7H2,1-4H3,(H2,20,21,22,27,28)/t10-,12-,13-,17-/m1/s1. The number of fused-ring (bicyclic) bond motifs is 1. The predicted octanol–water partition coefficient (Wildman–Crippen LogP) is -1.16. The normalized spacial score (nSPS) is 23.9. The van der Waals surface area contributed by atoms with E-state index in [1.807, 2.05) is 0 Å². The minimum absolute atomic E-state index is 0.0303. The molecule has 13 heteroatoms. The van der Waals surface area contributed by atoms with Gasteiger partial charge >= 0.3 is 0 Å². The number of aromatic nitrogens is 4. The molecule has 0 aliphatic carbocycles. The van der Waals surface area contributed by atoms with Crippen LogP contribution in [-0.4, -0.2) is 92.9 Å². The molecule has 0 spiro atoms. The van der Waals surface area contributed by atoms with E-state index in [0.717, 1.165) is 0 Å². The third-order valence-electron chi connectivity index (χ3n) is 4.71. The zero-order valence-electron chi connectivity index (χ0n) is 17.8. The van der Waals surface area contributed by atoms with E-state index in [9.17, 15) is 19.8 Å². The number of aliphatic hydroxyl groups is 2. The first-order chi connectivity index (χ1) is 14.7. The number of nitrogens with one attached hydrogen (secondary N) is 2. The van der Waals surface area contributed by atoms with Crippen molar-refractivity contribution in [3.63, 3.8) is 0 Å². The fraction of sp³-hybridized carbons (Fsp3) is 0.667. The Balaban J connectivity index is 1.90. The maximum Gasteiger partial charge on any atom is 0.280 e. The van der Waals surface area contributed by atoms with Crippen LogP contribution < -0.4 is 10.9 Å². The van der Waals surface area contributed by atoms with Gasteiger partial charge < -0.3 is 19.7 Å². The second-order valence-electron chi connectivity index (χ2n) is 7.60. The third-order valence-corrected chi connectivity index (χ3v) is 4.71. The number of hydrogen-bond acceptors (Lipinski definition) is 10. The summed E-state index contributed by atoms with van der Waals surface area (Å²) in [5, 5.41) is 24.2. The summed E-state index contributed by atoms with van der Waals surface area (Å²) in [6.07, 6.45) is -2.49. The zero-order valence-corrected chi connectivity index (χ0v) is 17.8. The molecule has 4 atom stereocenters. The first-order valence-electron chi connectivity index (χ1n) is 9.86. The van der Waals surface area contributed by atoms with Gasteiger partial charge in [-0.2, -0.15) is 10.0 Å². The second-order valence-corrected chi connectivity index (χ2v) is 7.60. The lowest BCUT2D eigenvalue weighted by Gasteiger charge is -2.22. The summed E-state index contributed by atoms with van der Waals surface area (Å²) in [5.74, 6) is -0.665. The highest BCUT2D eigenvalue weighted by Gasteiger charge is 2.46. The van der Waals surface area contributed by atoms with E-state index in [1.54, 1.807) is 27.9 Å². The van der Waals surface area contributed by atoms with Crippen molar-refractivity contribution in [3.8, 4) is 0 Å². The average molecular weight is 440 g/mol. The fourth-order valence-electron chi connectivity index (χ4n) is 3.11. The van der Waals surface area contributed by atoms with E-state index < -0.39 is 36.7 Å². The summed E-state index contributed by atoms with van der Waals surface area (Å²) in [4.78, 5) is 40.6. The van der Waals surface area contributed by atoms with Gasteiger partial charge in [-0.3, -0.25) is 29.3 Å². The largest absolute Gasteiger partial charge is 0.394 e. The summed E-state index contributed by atoms with van der Waals surface area (Å²) in [7, 11) is 3.46. The number of amides is 1. The Morgan fingerprint density at radius 3 is 2.81 bits per heavy atom. The number of carbonyl (C=O) groups excluding carboxylic acids is 1. The molecule has 4 N–H and O–H groups in total. The van der Waals surface area contributed by atoms with Crippen LogP contribution >= 0.6 is 0 Å². The Kier molecular flexibility index (Phi) is 7.35. The number of nitrogens with zero attached hydrogens (tertiary/aromatic N) is 4. The van der Waals surface area contributed by atoms with Gasteiger partial charge in [0.1, 0.15) is 18.3 Å². The van der Waals surface area contributed by atoms with Crippen LogP contribution in [0.25, 0.3) is 11.2 Å². The Bertz CT molecular complexity index is 959. The van der Waals surface area contributed by atoms with E-state index in [0.29, 0.717) is 0 Å². The second kappa shape index (κ2) is 9.80. The highest BCUT2D eigenvalue weighted by Crippen LogP contribution is 2.33. The van der Waals surface area contributed by atoms with Gasteiger partial charge in [0.2, 0.25) is 11.9 Å². The molecule has 1 fully saturated rings. The molecule has 0 unspecified atom stereocenters. The smallest absolute Gasteiger partial charge is 0.280 e. The quantitative estimate of drug-likeness (QED) is 0.276. The van der Waals surface area contributed by atoms with E-state index >= 15 is 0 Å². The topological polar surface area (TPSA) is 164 Å². The van der Waals surface area contributed by atoms with Crippen molar-refractivity contribution in [1.29, 1.82) is 0 Å². The number of imidazole rings is 1. The molecule has 172 valence electrons. The molecular formula is C18H28N6O7. The Morgan fingerprint density at radius 2 is 2.16 bits per heavy atom. The number of hydrogen-bond donors (Lipinski definition) is 4. The van der Waals surface area contributed by atoms with Crippen LogP contribution in [0.4, 0.5) is 5.95 Å². The van der Waals surface area contributed by atoms with Gasteiger partial charge in [-0.1, -0.05) is 13.8 Å². The van der Waals surface area contributed by atoms with Crippen molar-refractivity contribution in [2.75, 3.05) is 39.2 Å². The average Bonchev–Trinajstić information content (AvgIpc) is 3.26. The Hall–Kier alpha value is -2.42. The van der Waals surface area contributed by atoms with Crippen molar-refractivity contribution in [2.45, 2.75) is 38.4 Å². The minimum atomic E-state index is -1.13. The van der Waals surface area contributed by atoms with E-state index in [-0.39, 0.29) is 42.2 Å². The van der Waals surface area contributed by atoms with Crippen LogP contribution in [0, 0.1) is 5.92 Å². The van der Waals surface area contributed by atoms with Gasteiger partial charge in [0.15, 0.2) is 17.4 Å². The Morgan fingerprint density at radius 1 is 1.42 bits per heavy atom. The van der Waals surface area contributed by atoms with Gasteiger partial charge in [0.25, 0.3) is 5.56 Å². The van der Waals surface area contributed by atoms with Crippen molar-refractivity contribution < 1.29 is 29.3 Å². The van der Waals surface area contributed by atoms with Crippen LogP contribution in [-0.2, 0) is 19.1 Å². The van der Waals surface area contributed by atoms with Gasteiger partial charge in [0, 0.05) is 20.0 Å². The number of carbonyl (C=O) groups is 1. The Labute approximate surface area is 177 Å². The molecular weight excluding hydrogens is 412 g/mol. The number of ether oxygens (including phenoxy) is 2. The first kappa shape index (κ1) is 23.2. The number of anilines is 1. The number of aliphatic hydroxyl groups excluding tert-OH is 2. The third kappa shape index (κ3) is 5.08. The van der Waals surface area contributed by atoms with E-state index in [1.165, 1.54) is 16.0 Å². The van der Waals surface area contributed by atoms with E-state index in [2.05, 4.69) is 20.3 Å². The summed E-state index contributed by atoms with van der Waals surface area (Å²) in [5.41, 5.74) is -0.378. The van der Waals surface area contributed by atoms with Crippen LogP contribution in [0.1, 0.15) is 20.1 Å². The van der Waals surface area contributed by atoms with E-state index in [4.69, 9.17) is 14.3 Å². The van der Waals surface area contributed by atoms with Crippen LogP contribution in [0.2, 0.25) is 0 Å². The molecule has 31 heavy (non-hydrogen) atoms. The molecule has 2 aromatic rings. The molecule has 2 aromatic heterocycles. The fourth-order valence-corrected chi connectivity index (χ4v) is 3.11. The molecule has 1 aliphatic rings. The van der Waals surface area contributed by atoms with Crippen molar-refractivity contribution in [3.05, 3.63) is 16.7 Å². The number of aromatic amines is 1. The minimum Gasteiger partial charge on any atom is -0.394 e. The summed E-state index contributed by atoms with van der Waals surface area (Å²) in [6, 6.07) is 0. The van der Waals surface area contributed by atoms with Crippen LogP contribution in [0.15, 0.2) is 11.1 Å². The molecule has 0 aromatic carbocycles. The molecule has 3 heterocycles. The zero-order chi connectivity index (χ0) is 22.7. The lowest BCUT2D eigenvalue weighted by molar-refractivity contribution is -0.150. The predicted molar refractivity (Wildman–Crippen MR) is 108 cm³/mol. The number of hydroxylamine groups is 2. The molecule has 1 amide bonds. The lowest BCUT2D eigenvalue weighted by Crippen LogP contribution is -2.36.